The van der Waals surface area contributed by atoms with Crippen LogP contribution in [-0.4, -0.2) is 44.0 Å². The molecule has 0 atom stereocenters. The van der Waals surface area contributed by atoms with Gasteiger partial charge in [0, 0.05) is 26.1 Å². The summed E-state index contributed by atoms with van der Waals surface area (Å²) in [4.78, 5) is 23.3. The molecule has 192 valence electrons. The van der Waals surface area contributed by atoms with Crippen molar-refractivity contribution >= 4 is 27.6 Å². The minimum atomic E-state index is -4.27. The molecule has 0 unspecified atom stereocenters. The molecule has 0 spiro atoms. The fraction of sp³-hybridized carbons (Fsp3) is 0.320. The Morgan fingerprint density at radius 1 is 1.22 bits per heavy atom. The van der Waals surface area contributed by atoms with E-state index in [1.165, 1.54) is 36.4 Å². The van der Waals surface area contributed by atoms with Crippen molar-refractivity contribution in [1.82, 2.24) is 14.7 Å². The molecular formula is C25H30FN5O4S. The second-order valence-corrected chi connectivity index (χ2v) is 10.8. The number of hydrogen-bond acceptors (Lipinski definition) is 8. The van der Waals surface area contributed by atoms with Gasteiger partial charge in [-0.2, -0.15) is 8.42 Å². The normalized spacial score (nSPS) is 13.5. The summed E-state index contributed by atoms with van der Waals surface area (Å²) in [6.45, 7) is 4.42. The van der Waals surface area contributed by atoms with Gasteiger partial charge in [-0.1, -0.05) is 19.9 Å². The molecule has 1 aliphatic rings. The van der Waals surface area contributed by atoms with Crippen molar-refractivity contribution in [2.24, 2.45) is 5.92 Å². The number of ether oxygens (including phenoxy) is 1. The van der Waals surface area contributed by atoms with Gasteiger partial charge in [0.05, 0.1) is 17.9 Å². The standard InChI is InChI=1S/C25H28FN5O4S.H2/c1-15(2)14-35-19-12-16(11-17(26)13-19)21-10-9-20(24(28-21)31(3)18-7-8-18)25(32)30-36(33,34)23-6-4-5-22(27)29-23;/h4-6,9-13,15,18H,7-8,14H2,1-3H3,(H2,27,29)(H,30,32);1H. The number of amides is 1. The molecule has 1 aromatic carbocycles. The third-order valence-corrected chi connectivity index (χ3v) is 6.78. The number of nitrogens with zero attached hydrogens (tertiary/aromatic N) is 3. The fourth-order valence-electron chi connectivity index (χ4n) is 3.56. The summed E-state index contributed by atoms with van der Waals surface area (Å²) in [5.74, 6) is -0.395. The van der Waals surface area contributed by atoms with Gasteiger partial charge in [-0.05, 0) is 55.2 Å². The molecule has 9 nitrogen and oxygen atoms in total. The molecule has 3 aromatic rings. The van der Waals surface area contributed by atoms with E-state index in [9.17, 15) is 17.6 Å². The quantitative estimate of drug-likeness (QED) is 0.440. The SMILES string of the molecule is CC(C)COc1cc(F)cc(-c2ccc(C(=O)NS(=O)(=O)c3cccc(N)n3)c(N(C)C3CC3)n2)c1.[HH]. The topological polar surface area (TPSA) is 128 Å². The van der Waals surface area contributed by atoms with E-state index in [0.717, 1.165) is 12.8 Å². The Bertz CT molecular complexity index is 1400. The maximum absolute atomic E-state index is 14.4. The molecule has 1 amide bonds. The molecule has 0 aliphatic heterocycles. The first kappa shape index (κ1) is 25.4. The molecule has 36 heavy (non-hydrogen) atoms. The summed E-state index contributed by atoms with van der Waals surface area (Å²) in [6.07, 6.45) is 1.84. The smallest absolute Gasteiger partial charge is 0.281 e. The number of benzene rings is 1. The molecule has 0 bridgehead atoms. The summed E-state index contributed by atoms with van der Waals surface area (Å²) < 4.78 is 47.5. The molecule has 0 radical (unpaired) electrons. The van der Waals surface area contributed by atoms with E-state index >= 15 is 0 Å². The Labute approximate surface area is 211 Å². The molecule has 1 fully saturated rings. The largest absolute Gasteiger partial charge is 0.493 e. The summed E-state index contributed by atoms with van der Waals surface area (Å²) in [5.41, 5.74) is 6.55. The summed E-state index contributed by atoms with van der Waals surface area (Å²) in [5, 5.41) is -0.369. The first-order valence-electron chi connectivity index (χ1n) is 11.5. The molecule has 4 rings (SSSR count). The van der Waals surface area contributed by atoms with Crippen molar-refractivity contribution in [3.63, 3.8) is 0 Å². The van der Waals surface area contributed by atoms with E-state index in [1.54, 1.807) is 19.2 Å². The minimum Gasteiger partial charge on any atom is -0.493 e. The van der Waals surface area contributed by atoms with E-state index in [4.69, 9.17) is 10.5 Å². The predicted molar refractivity (Wildman–Crippen MR) is 137 cm³/mol. The van der Waals surface area contributed by atoms with Gasteiger partial charge in [0.15, 0.2) is 5.03 Å². The zero-order valence-electron chi connectivity index (χ0n) is 20.2. The number of nitrogens with one attached hydrogen (secondary N) is 1. The second kappa shape index (κ2) is 10.1. The van der Waals surface area contributed by atoms with Crippen LogP contribution < -0.4 is 20.1 Å². The molecular weight excluding hydrogens is 485 g/mol. The lowest BCUT2D eigenvalue weighted by Gasteiger charge is -2.21. The molecule has 11 heteroatoms. The van der Waals surface area contributed by atoms with Gasteiger partial charge in [-0.25, -0.2) is 19.1 Å². The van der Waals surface area contributed by atoms with Crippen LogP contribution in [-0.2, 0) is 10.0 Å². The number of halogens is 1. The number of aromatic nitrogens is 2. The van der Waals surface area contributed by atoms with Crippen molar-refractivity contribution in [3.05, 3.63) is 59.9 Å². The van der Waals surface area contributed by atoms with Crippen LogP contribution in [0.4, 0.5) is 16.0 Å². The number of pyridine rings is 2. The molecule has 2 heterocycles. The van der Waals surface area contributed by atoms with Crippen molar-refractivity contribution in [3.8, 4) is 17.0 Å². The molecule has 1 saturated carbocycles. The van der Waals surface area contributed by atoms with Crippen LogP contribution in [0, 0.1) is 11.7 Å². The number of anilines is 2. The second-order valence-electron chi connectivity index (χ2n) is 9.13. The number of hydrogen-bond donors (Lipinski definition) is 2. The number of nitrogens with two attached hydrogens (primary N) is 1. The lowest BCUT2D eigenvalue weighted by molar-refractivity contribution is 0.0981. The minimum absolute atomic E-state index is 0. The number of sulfonamides is 1. The Hall–Kier alpha value is -3.73. The number of carbonyl (C=O) groups is 1. The van der Waals surface area contributed by atoms with Crippen LogP contribution in [0.25, 0.3) is 11.3 Å². The zero-order chi connectivity index (χ0) is 26.0. The van der Waals surface area contributed by atoms with E-state index in [2.05, 4.69) is 9.97 Å². The summed E-state index contributed by atoms with van der Waals surface area (Å²) in [7, 11) is -2.48. The third kappa shape index (κ3) is 5.91. The van der Waals surface area contributed by atoms with Crippen molar-refractivity contribution in [2.45, 2.75) is 37.8 Å². The maximum atomic E-state index is 14.4. The van der Waals surface area contributed by atoms with Crippen LogP contribution in [0.15, 0.2) is 53.6 Å². The van der Waals surface area contributed by atoms with E-state index in [-0.39, 0.29) is 35.6 Å². The average Bonchev–Trinajstić information content (AvgIpc) is 3.67. The first-order chi connectivity index (χ1) is 17.0. The highest BCUT2D eigenvalue weighted by Crippen LogP contribution is 2.33. The van der Waals surface area contributed by atoms with Crippen LogP contribution in [0.1, 0.15) is 38.5 Å². The number of rotatable bonds is 9. The van der Waals surface area contributed by atoms with E-state index in [0.29, 0.717) is 23.6 Å². The molecule has 0 saturated heterocycles. The number of nitrogen functional groups attached to an aromatic ring is 1. The number of carbonyl (C=O) groups excluding carboxylic acids is 1. The lowest BCUT2D eigenvalue weighted by atomic mass is 10.1. The molecule has 1 aliphatic carbocycles. The average molecular weight is 516 g/mol. The van der Waals surface area contributed by atoms with Gasteiger partial charge in [-0.15, -0.1) is 0 Å². The van der Waals surface area contributed by atoms with E-state index in [1.807, 2.05) is 23.5 Å². The first-order valence-corrected chi connectivity index (χ1v) is 13.0. The van der Waals surface area contributed by atoms with Crippen LogP contribution in [0.3, 0.4) is 0 Å². The highest BCUT2D eigenvalue weighted by molar-refractivity contribution is 7.90. The monoisotopic (exact) mass is 515 g/mol. The highest BCUT2D eigenvalue weighted by Gasteiger charge is 2.31. The summed E-state index contributed by atoms with van der Waals surface area (Å²) >= 11 is 0. The van der Waals surface area contributed by atoms with Gasteiger partial charge in [0.2, 0.25) is 0 Å². The van der Waals surface area contributed by atoms with Crippen molar-refractivity contribution in [1.29, 1.82) is 0 Å². The maximum Gasteiger partial charge on any atom is 0.281 e. The van der Waals surface area contributed by atoms with Gasteiger partial charge in [-0.3, -0.25) is 4.79 Å². The van der Waals surface area contributed by atoms with Gasteiger partial charge in [0.1, 0.15) is 23.2 Å². The Balaban J connectivity index is 0.00000380. The fourth-order valence-corrected chi connectivity index (χ4v) is 4.50. The van der Waals surface area contributed by atoms with Crippen molar-refractivity contribution in [2.75, 3.05) is 24.3 Å². The Kier molecular flexibility index (Phi) is 7.11. The molecule has 2 aromatic heterocycles. The van der Waals surface area contributed by atoms with Crippen LogP contribution >= 0.6 is 0 Å². The van der Waals surface area contributed by atoms with Crippen molar-refractivity contribution < 1.29 is 23.8 Å². The predicted octanol–water partition coefficient (Wildman–Crippen LogP) is 3.86. The van der Waals surface area contributed by atoms with Crippen LogP contribution in [0.5, 0.6) is 5.75 Å². The Morgan fingerprint density at radius 2 is 1.97 bits per heavy atom. The lowest BCUT2D eigenvalue weighted by Crippen LogP contribution is -2.33. The van der Waals surface area contributed by atoms with Gasteiger partial charge >= 0.3 is 0 Å². The zero-order valence-corrected chi connectivity index (χ0v) is 21.0. The molecule has 3 N–H and O–H groups in total. The van der Waals surface area contributed by atoms with Gasteiger partial charge < -0.3 is 15.4 Å². The summed E-state index contributed by atoms with van der Waals surface area (Å²) in [6, 6.07) is 11.6. The Morgan fingerprint density at radius 3 is 2.64 bits per heavy atom. The highest BCUT2D eigenvalue weighted by atomic mass is 32.2. The van der Waals surface area contributed by atoms with Crippen LogP contribution in [0.2, 0.25) is 0 Å². The third-order valence-electron chi connectivity index (χ3n) is 5.55. The van der Waals surface area contributed by atoms with E-state index < -0.39 is 21.7 Å². The van der Waals surface area contributed by atoms with Gasteiger partial charge in [0.25, 0.3) is 15.9 Å².